The molecule has 1 N–H and O–H groups in total. The third-order valence-electron chi connectivity index (χ3n) is 3.09. The number of nitrogens with one attached hydrogen (secondary N) is 1. The van der Waals surface area contributed by atoms with Gasteiger partial charge in [-0.3, -0.25) is 0 Å². The fraction of sp³-hybridized carbons (Fsp3) is 0.231. The smallest absolute Gasteiger partial charge is 0.159 e. The summed E-state index contributed by atoms with van der Waals surface area (Å²) in [6.45, 7) is 0.701. The normalized spacial score (nSPS) is 10.9. The van der Waals surface area contributed by atoms with Gasteiger partial charge < -0.3 is 9.88 Å². The van der Waals surface area contributed by atoms with E-state index in [0.29, 0.717) is 11.7 Å². The molecule has 0 spiro atoms. The van der Waals surface area contributed by atoms with Gasteiger partial charge in [-0.25, -0.2) is 0 Å². The molecule has 0 fully saturated rings. The van der Waals surface area contributed by atoms with Crippen molar-refractivity contribution in [2.45, 2.75) is 6.42 Å². The molecule has 7 heteroatoms. The van der Waals surface area contributed by atoms with E-state index in [1.54, 1.807) is 6.33 Å². The molecule has 2 aromatic heterocycles. The molecule has 3 rings (SSSR count). The first-order valence-electron chi connectivity index (χ1n) is 6.23. The lowest BCUT2D eigenvalue weighted by Crippen LogP contribution is -2.10. The van der Waals surface area contributed by atoms with E-state index in [1.807, 2.05) is 35.9 Å². The summed E-state index contributed by atoms with van der Waals surface area (Å²) in [5, 5.41) is 21.5. The predicted octanol–water partition coefficient (Wildman–Crippen LogP) is 2.07. The van der Waals surface area contributed by atoms with Gasteiger partial charge in [0.05, 0.1) is 0 Å². The number of nitrogens with zero attached hydrogens (tertiary/aromatic N) is 5. The van der Waals surface area contributed by atoms with Crippen LogP contribution in [0.2, 0.25) is 5.15 Å². The molecule has 0 atom stereocenters. The van der Waals surface area contributed by atoms with Gasteiger partial charge in [-0.2, -0.15) is 0 Å². The highest BCUT2D eigenvalue weighted by Gasteiger charge is 2.07. The van der Waals surface area contributed by atoms with Gasteiger partial charge >= 0.3 is 0 Å². The van der Waals surface area contributed by atoms with E-state index in [4.69, 9.17) is 11.6 Å². The maximum Gasteiger partial charge on any atom is 0.159 e. The molecule has 2 heterocycles. The first kappa shape index (κ1) is 12.8. The molecule has 0 amide bonds. The Balaban J connectivity index is 1.78. The van der Waals surface area contributed by atoms with Crippen molar-refractivity contribution in [3.63, 3.8) is 0 Å². The number of aromatic nitrogens is 5. The molecule has 6 nitrogen and oxygen atoms in total. The quantitative estimate of drug-likeness (QED) is 0.796. The number of halogens is 1. The Morgan fingerprint density at radius 3 is 2.70 bits per heavy atom. The van der Waals surface area contributed by atoms with Crippen LogP contribution in [0.5, 0.6) is 0 Å². The van der Waals surface area contributed by atoms with E-state index < -0.39 is 0 Å². The van der Waals surface area contributed by atoms with Gasteiger partial charge in [0.1, 0.15) is 12.2 Å². The Hall–Kier alpha value is -2.21. The summed E-state index contributed by atoms with van der Waals surface area (Å²) >= 11 is 6.04. The van der Waals surface area contributed by atoms with Crippen LogP contribution >= 0.6 is 11.6 Å². The largest absolute Gasteiger partial charge is 0.368 e. The van der Waals surface area contributed by atoms with Crippen LogP contribution in [0.3, 0.4) is 0 Å². The highest BCUT2D eigenvalue weighted by molar-refractivity contribution is 6.34. The third kappa shape index (κ3) is 2.42. The van der Waals surface area contributed by atoms with Crippen molar-refractivity contribution in [3.8, 4) is 0 Å². The summed E-state index contributed by atoms with van der Waals surface area (Å²) in [6.07, 6.45) is 2.45. The molecular weight excluding hydrogens is 276 g/mol. The highest BCUT2D eigenvalue weighted by Crippen LogP contribution is 2.25. The third-order valence-corrected chi connectivity index (χ3v) is 3.37. The SMILES string of the molecule is Cn1cnnc1CCNc1nnc(Cl)c2ccccc12. The summed E-state index contributed by atoms with van der Waals surface area (Å²) in [6, 6.07) is 7.79. The second-order valence-corrected chi connectivity index (χ2v) is 4.78. The Morgan fingerprint density at radius 2 is 1.95 bits per heavy atom. The van der Waals surface area contributed by atoms with Gasteiger partial charge in [-0.05, 0) is 0 Å². The highest BCUT2D eigenvalue weighted by atomic mass is 35.5. The Bertz CT molecular complexity index is 739. The first-order valence-corrected chi connectivity index (χ1v) is 6.61. The van der Waals surface area contributed by atoms with Crippen molar-refractivity contribution in [1.82, 2.24) is 25.0 Å². The minimum absolute atomic E-state index is 0.416. The van der Waals surface area contributed by atoms with Crippen molar-refractivity contribution in [1.29, 1.82) is 0 Å². The number of hydrogen-bond acceptors (Lipinski definition) is 5. The molecule has 0 saturated heterocycles. The van der Waals surface area contributed by atoms with Crippen molar-refractivity contribution < 1.29 is 0 Å². The fourth-order valence-corrected chi connectivity index (χ4v) is 2.23. The van der Waals surface area contributed by atoms with Crippen molar-refractivity contribution in [2.24, 2.45) is 7.05 Å². The Kier molecular flexibility index (Phi) is 3.47. The topological polar surface area (TPSA) is 68.5 Å². The van der Waals surface area contributed by atoms with Crippen LogP contribution in [0.15, 0.2) is 30.6 Å². The molecular formula is C13H13ClN6. The van der Waals surface area contributed by atoms with Gasteiger partial charge in [0, 0.05) is 30.8 Å². The number of rotatable bonds is 4. The number of hydrogen-bond donors (Lipinski definition) is 1. The monoisotopic (exact) mass is 288 g/mol. The molecule has 0 bridgehead atoms. The zero-order valence-electron chi connectivity index (χ0n) is 10.9. The van der Waals surface area contributed by atoms with Gasteiger partial charge in [0.2, 0.25) is 0 Å². The summed E-state index contributed by atoms with van der Waals surface area (Å²) in [5.41, 5.74) is 0. The lowest BCUT2D eigenvalue weighted by atomic mass is 10.2. The average molecular weight is 289 g/mol. The molecule has 0 aliphatic rings. The van der Waals surface area contributed by atoms with Crippen molar-refractivity contribution in [3.05, 3.63) is 41.6 Å². The van der Waals surface area contributed by atoms with Gasteiger partial charge in [0.15, 0.2) is 11.0 Å². The maximum absolute atomic E-state index is 6.04. The van der Waals surface area contributed by atoms with Crippen LogP contribution in [0.1, 0.15) is 5.82 Å². The Labute approximate surface area is 120 Å². The zero-order chi connectivity index (χ0) is 13.9. The average Bonchev–Trinajstić information content (AvgIpc) is 2.87. The van der Waals surface area contributed by atoms with E-state index in [-0.39, 0.29) is 0 Å². The minimum Gasteiger partial charge on any atom is -0.368 e. The molecule has 0 aliphatic carbocycles. The van der Waals surface area contributed by atoms with E-state index in [1.165, 1.54) is 0 Å². The van der Waals surface area contributed by atoms with E-state index in [9.17, 15) is 0 Å². The lowest BCUT2D eigenvalue weighted by molar-refractivity contribution is 0.786. The van der Waals surface area contributed by atoms with Crippen LogP contribution < -0.4 is 5.32 Å². The molecule has 0 unspecified atom stereocenters. The van der Waals surface area contributed by atoms with E-state index in [2.05, 4.69) is 25.7 Å². The van der Waals surface area contributed by atoms with Crippen LogP contribution in [-0.4, -0.2) is 31.5 Å². The molecule has 102 valence electrons. The van der Waals surface area contributed by atoms with Crippen LogP contribution in [-0.2, 0) is 13.5 Å². The van der Waals surface area contributed by atoms with Crippen LogP contribution in [0, 0.1) is 0 Å². The molecule has 0 aliphatic heterocycles. The lowest BCUT2D eigenvalue weighted by Gasteiger charge is -2.08. The van der Waals surface area contributed by atoms with Crippen LogP contribution in [0.25, 0.3) is 10.8 Å². The predicted molar refractivity (Wildman–Crippen MR) is 77.7 cm³/mol. The molecule has 3 aromatic rings. The maximum atomic E-state index is 6.04. The summed E-state index contributed by atoms with van der Waals surface area (Å²) in [4.78, 5) is 0. The minimum atomic E-state index is 0.416. The fourth-order valence-electron chi connectivity index (χ4n) is 2.03. The second kappa shape index (κ2) is 5.42. The number of anilines is 1. The summed E-state index contributed by atoms with van der Waals surface area (Å²) in [5.74, 6) is 1.65. The zero-order valence-corrected chi connectivity index (χ0v) is 11.7. The van der Waals surface area contributed by atoms with Gasteiger partial charge in [-0.1, -0.05) is 35.9 Å². The first-order chi connectivity index (χ1) is 9.75. The molecule has 0 radical (unpaired) electrons. The summed E-state index contributed by atoms with van der Waals surface area (Å²) < 4.78 is 1.90. The van der Waals surface area contributed by atoms with Crippen LogP contribution in [0.4, 0.5) is 5.82 Å². The van der Waals surface area contributed by atoms with E-state index in [0.717, 1.165) is 28.8 Å². The van der Waals surface area contributed by atoms with E-state index >= 15 is 0 Å². The van der Waals surface area contributed by atoms with Crippen molar-refractivity contribution >= 4 is 28.2 Å². The Morgan fingerprint density at radius 1 is 1.15 bits per heavy atom. The molecule has 0 saturated carbocycles. The molecule has 1 aromatic carbocycles. The molecule has 20 heavy (non-hydrogen) atoms. The second-order valence-electron chi connectivity index (χ2n) is 4.42. The van der Waals surface area contributed by atoms with Gasteiger partial charge in [0.25, 0.3) is 0 Å². The summed E-state index contributed by atoms with van der Waals surface area (Å²) in [7, 11) is 1.92. The number of benzene rings is 1. The standard InChI is InChI=1S/C13H13ClN6/c1-20-8-16-17-11(20)6-7-15-13-10-5-3-2-4-9(10)12(14)18-19-13/h2-5,8H,6-7H2,1H3,(H,15,19). The van der Waals surface area contributed by atoms with Crippen molar-refractivity contribution in [2.75, 3.05) is 11.9 Å². The number of aryl methyl sites for hydroxylation is 1. The van der Waals surface area contributed by atoms with Gasteiger partial charge in [-0.15, -0.1) is 20.4 Å². The number of fused-ring (bicyclic) bond motifs is 1.